The Morgan fingerprint density at radius 1 is 1.36 bits per heavy atom. The van der Waals surface area contributed by atoms with Gasteiger partial charge in [0.1, 0.15) is 0 Å². The molecule has 14 heavy (non-hydrogen) atoms. The summed E-state index contributed by atoms with van der Waals surface area (Å²) in [6.07, 6.45) is 1.35. The molecule has 0 atom stereocenters. The predicted molar refractivity (Wildman–Crippen MR) is 62.8 cm³/mol. The number of halogens is 3. The highest BCUT2D eigenvalue weighted by Gasteiger charge is 2.11. The lowest BCUT2D eigenvalue weighted by Crippen LogP contribution is -2.07. The number of hydrogen-bond acceptors (Lipinski definition) is 2. The Bertz CT molecular complexity index is 567. The maximum atomic E-state index is 11.5. The minimum absolute atomic E-state index is 0.248. The third-order valence-electron chi connectivity index (χ3n) is 1.76. The summed E-state index contributed by atoms with van der Waals surface area (Å²) in [5, 5.41) is 0.757. The van der Waals surface area contributed by atoms with Gasteiger partial charge >= 0.3 is 0 Å². The van der Waals surface area contributed by atoms with E-state index in [1.54, 1.807) is 6.07 Å². The minimum Gasteiger partial charge on any atom is -0.313 e. The fourth-order valence-electron chi connectivity index (χ4n) is 1.15. The second-order valence-corrected chi connectivity index (χ2v) is 4.70. The molecule has 1 aromatic carbocycles. The van der Waals surface area contributed by atoms with Gasteiger partial charge in [0.25, 0.3) is 5.56 Å². The molecule has 0 saturated carbocycles. The molecule has 0 aliphatic heterocycles. The molecule has 0 spiro atoms. The van der Waals surface area contributed by atoms with Crippen LogP contribution in [0.5, 0.6) is 0 Å². The Balaban J connectivity index is 3.11. The third kappa shape index (κ3) is 1.49. The molecule has 1 N–H and O–H groups in total. The summed E-state index contributed by atoms with van der Waals surface area (Å²) in [5.41, 5.74) is 0.309. The van der Waals surface area contributed by atoms with Crippen LogP contribution in [0.1, 0.15) is 0 Å². The number of H-pyrrole nitrogens is 1. The Hall–Kier alpha value is -0.390. The summed E-state index contributed by atoms with van der Waals surface area (Å²) < 4.78 is 1.40. The summed E-state index contributed by atoms with van der Waals surface area (Å²) in [7, 11) is 0. The van der Waals surface area contributed by atoms with E-state index < -0.39 is 0 Å². The molecule has 0 fully saturated rings. The van der Waals surface area contributed by atoms with E-state index in [0.717, 1.165) is 4.47 Å². The molecule has 1 aromatic heterocycles. The van der Waals surface area contributed by atoms with Gasteiger partial charge in [-0.1, -0.05) is 11.6 Å². The van der Waals surface area contributed by atoms with Crippen molar-refractivity contribution in [3.05, 3.63) is 36.7 Å². The fourth-order valence-corrected chi connectivity index (χ4v) is 2.64. The van der Waals surface area contributed by atoms with Crippen LogP contribution >= 0.6 is 43.5 Å². The van der Waals surface area contributed by atoms with Gasteiger partial charge in [-0.05, 0) is 37.9 Å². The average molecular weight is 338 g/mol. The lowest BCUT2D eigenvalue weighted by Gasteiger charge is -2.02. The van der Waals surface area contributed by atoms with Gasteiger partial charge in [-0.2, -0.15) is 0 Å². The monoisotopic (exact) mass is 336 g/mol. The largest absolute Gasteiger partial charge is 0.313 e. The highest BCUT2D eigenvalue weighted by Crippen LogP contribution is 2.32. The van der Waals surface area contributed by atoms with Crippen LogP contribution in [-0.4, -0.2) is 9.97 Å². The number of nitrogens with one attached hydrogen (secondary N) is 1. The van der Waals surface area contributed by atoms with E-state index >= 15 is 0 Å². The van der Waals surface area contributed by atoms with Crippen molar-refractivity contribution in [2.75, 3.05) is 0 Å². The quantitative estimate of drug-likeness (QED) is 0.750. The highest BCUT2D eigenvalue weighted by molar-refractivity contribution is 9.11. The lowest BCUT2D eigenvalue weighted by molar-refractivity contribution is 1.17. The molecule has 3 nitrogen and oxygen atoms in total. The molecule has 2 rings (SSSR count). The zero-order valence-electron chi connectivity index (χ0n) is 6.64. The molecule has 1 heterocycles. The van der Waals surface area contributed by atoms with Gasteiger partial charge in [0, 0.05) is 8.95 Å². The van der Waals surface area contributed by atoms with Gasteiger partial charge in [-0.15, -0.1) is 0 Å². The number of benzene rings is 1. The van der Waals surface area contributed by atoms with Gasteiger partial charge < -0.3 is 4.98 Å². The van der Waals surface area contributed by atoms with E-state index in [-0.39, 0.29) is 5.56 Å². The number of aromatic nitrogens is 2. The number of rotatable bonds is 0. The maximum absolute atomic E-state index is 11.5. The van der Waals surface area contributed by atoms with E-state index in [4.69, 9.17) is 11.6 Å². The van der Waals surface area contributed by atoms with Crippen LogP contribution in [0, 0.1) is 0 Å². The first-order valence-corrected chi connectivity index (χ1v) is 5.58. The molecule has 72 valence electrons. The standard InChI is InChI=1S/C8H3Br2ClN2O/c9-3-1-4(10)7-5(6(3)11)8(14)13-2-12-7/h1-2H,(H,12,13,14). The molecule has 0 unspecified atom stereocenters. The molecule has 0 amide bonds. The second kappa shape index (κ2) is 3.64. The van der Waals surface area contributed by atoms with E-state index in [2.05, 4.69) is 41.8 Å². The molecule has 0 saturated heterocycles. The fraction of sp³-hybridized carbons (Fsp3) is 0. The van der Waals surface area contributed by atoms with Gasteiger partial charge in [0.15, 0.2) is 0 Å². The Morgan fingerprint density at radius 3 is 2.79 bits per heavy atom. The van der Waals surface area contributed by atoms with Crippen molar-refractivity contribution in [3.8, 4) is 0 Å². The molecule has 0 bridgehead atoms. The predicted octanol–water partition coefficient (Wildman–Crippen LogP) is 3.10. The number of fused-ring (bicyclic) bond motifs is 1. The first kappa shape index (κ1) is 10.1. The van der Waals surface area contributed by atoms with E-state index in [1.807, 2.05) is 0 Å². The van der Waals surface area contributed by atoms with Crippen LogP contribution in [0.25, 0.3) is 10.9 Å². The smallest absolute Gasteiger partial charge is 0.260 e. The molecule has 0 aliphatic carbocycles. The Labute approximate surface area is 101 Å². The number of aromatic amines is 1. The zero-order chi connectivity index (χ0) is 10.3. The van der Waals surface area contributed by atoms with Gasteiger partial charge in [0.2, 0.25) is 0 Å². The van der Waals surface area contributed by atoms with Crippen molar-refractivity contribution < 1.29 is 0 Å². The second-order valence-electron chi connectivity index (χ2n) is 2.61. The van der Waals surface area contributed by atoms with E-state index in [1.165, 1.54) is 6.33 Å². The van der Waals surface area contributed by atoms with Crippen LogP contribution in [0.2, 0.25) is 5.02 Å². The minimum atomic E-state index is -0.248. The van der Waals surface area contributed by atoms with Crippen LogP contribution < -0.4 is 5.56 Å². The molecular weight excluding hydrogens is 335 g/mol. The topological polar surface area (TPSA) is 45.8 Å². The van der Waals surface area contributed by atoms with Crippen molar-refractivity contribution in [1.29, 1.82) is 0 Å². The third-order valence-corrected chi connectivity index (χ3v) is 3.61. The summed E-state index contributed by atoms with van der Waals surface area (Å²) in [5.74, 6) is 0. The SMILES string of the molecule is O=c1[nH]cnc2c(Br)cc(Br)c(Cl)c12. The normalized spacial score (nSPS) is 10.8. The Morgan fingerprint density at radius 2 is 2.07 bits per heavy atom. The van der Waals surface area contributed by atoms with E-state index in [0.29, 0.717) is 20.4 Å². The average Bonchev–Trinajstić information content (AvgIpc) is 2.14. The molecule has 6 heteroatoms. The first-order chi connectivity index (χ1) is 6.61. The summed E-state index contributed by atoms with van der Waals surface area (Å²) >= 11 is 12.5. The van der Waals surface area contributed by atoms with Gasteiger partial charge in [-0.25, -0.2) is 4.98 Å². The van der Waals surface area contributed by atoms with Crippen LogP contribution in [-0.2, 0) is 0 Å². The van der Waals surface area contributed by atoms with Gasteiger partial charge in [0.05, 0.1) is 22.3 Å². The zero-order valence-corrected chi connectivity index (χ0v) is 10.6. The van der Waals surface area contributed by atoms with Gasteiger partial charge in [-0.3, -0.25) is 4.79 Å². The van der Waals surface area contributed by atoms with Crippen LogP contribution in [0.3, 0.4) is 0 Å². The van der Waals surface area contributed by atoms with E-state index in [9.17, 15) is 4.79 Å². The number of hydrogen-bond donors (Lipinski definition) is 1. The Kier molecular flexibility index (Phi) is 2.64. The highest BCUT2D eigenvalue weighted by atomic mass is 79.9. The van der Waals surface area contributed by atoms with Crippen molar-refractivity contribution in [1.82, 2.24) is 9.97 Å². The lowest BCUT2D eigenvalue weighted by atomic mass is 10.2. The van der Waals surface area contributed by atoms with Crippen LogP contribution in [0.15, 0.2) is 26.1 Å². The first-order valence-electron chi connectivity index (χ1n) is 3.62. The maximum Gasteiger partial charge on any atom is 0.260 e. The molecule has 2 aromatic rings. The van der Waals surface area contributed by atoms with Crippen molar-refractivity contribution in [2.24, 2.45) is 0 Å². The molecule has 0 aliphatic rings. The molecular formula is C8H3Br2ClN2O. The number of nitrogens with zero attached hydrogens (tertiary/aromatic N) is 1. The summed E-state index contributed by atoms with van der Waals surface area (Å²) in [6, 6.07) is 1.76. The van der Waals surface area contributed by atoms with Crippen LogP contribution in [0.4, 0.5) is 0 Å². The molecule has 0 radical (unpaired) electrons. The van der Waals surface area contributed by atoms with Crippen molar-refractivity contribution in [3.63, 3.8) is 0 Å². The summed E-state index contributed by atoms with van der Waals surface area (Å²) in [6.45, 7) is 0. The summed E-state index contributed by atoms with van der Waals surface area (Å²) in [4.78, 5) is 18.0. The van der Waals surface area contributed by atoms with Crippen molar-refractivity contribution >= 4 is 54.4 Å². The van der Waals surface area contributed by atoms with Crippen molar-refractivity contribution in [2.45, 2.75) is 0 Å².